The van der Waals surface area contributed by atoms with Gasteiger partial charge in [-0.2, -0.15) is 0 Å². The number of nitrogens with zero attached hydrogens (tertiary/aromatic N) is 1. The topological polar surface area (TPSA) is 94.2 Å². The second-order valence-corrected chi connectivity index (χ2v) is 8.23. The highest BCUT2D eigenvalue weighted by molar-refractivity contribution is 7.92. The molecular formula is C17H26N2O6S. The van der Waals surface area contributed by atoms with E-state index in [0.717, 1.165) is 17.1 Å². The highest BCUT2D eigenvalue weighted by Crippen LogP contribution is 2.35. The predicted molar refractivity (Wildman–Crippen MR) is 98.7 cm³/mol. The second-order valence-electron chi connectivity index (χ2n) is 5.94. The molecule has 1 aromatic rings. The summed E-state index contributed by atoms with van der Waals surface area (Å²) in [5.41, 5.74) is 0.425. The van der Waals surface area contributed by atoms with Gasteiger partial charge in [0, 0.05) is 26.3 Å². The third-order valence-electron chi connectivity index (χ3n) is 4.38. The van der Waals surface area contributed by atoms with Crippen LogP contribution in [0, 0.1) is 0 Å². The highest BCUT2D eigenvalue weighted by Gasteiger charge is 2.25. The van der Waals surface area contributed by atoms with Gasteiger partial charge in [-0.3, -0.25) is 9.10 Å². The fourth-order valence-electron chi connectivity index (χ4n) is 2.76. The highest BCUT2D eigenvalue weighted by atomic mass is 32.2. The smallest absolute Gasteiger partial charge is 0.253 e. The maximum Gasteiger partial charge on any atom is 0.253 e. The van der Waals surface area contributed by atoms with Gasteiger partial charge in [-0.05, 0) is 25.8 Å². The van der Waals surface area contributed by atoms with Crippen molar-refractivity contribution in [2.75, 3.05) is 44.5 Å². The number of hydrogen-bond acceptors (Lipinski definition) is 6. The molecule has 1 atom stereocenters. The molecule has 9 heteroatoms. The van der Waals surface area contributed by atoms with Crippen LogP contribution in [0.1, 0.15) is 30.1 Å². The minimum atomic E-state index is -3.55. The summed E-state index contributed by atoms with van der Waals surface area (Å²) in [5, 5.41) is 2.81. The van der Waals surface area contributed by atoms with Crippen molar-refractivity contribution in [3.8, 4) is 11.5 Å². The van der Waals surface area contributed by atoms with E-state index in [1.54, 1.807) is 6.92 Å². The quantitative estimate of drug-likeness (QED) is 0.726. The van der Waals surface area contributed by atoms with E-state index < -0.39 is 15.9 Å². The molecule has 1 aliphatic heterocycles. The summed E-state index contributed by atoms with van der Waals surface area (Å²) >= 11 is 0. The molecule has 0 radical (unpaired) electrons. The molecule has 1 N–H and O–H groups in total. The van der Waals surface area contributed by atoms with Crippen LogP contribution in [0.4, 0.5) is 5.69 Å². The summed E-state index contributed by atoms with van der Waals surface area (Å²) in [6.45, 7) is 2.61. The van der Waals surface area contributed by atoms with E-state index in [1.807, 2.05) is 0 Å². The summed E-state index contributed by atoms with van der Waals surface area (Å²) in [7, 11) is 0.771. The van der Waals surface area contributed by atoms with Crippen molar-refractivity contribution in [2.45, 2.75) is 25.9 Å². The zero-order chi connectivity index (χ0) is 19.3. The molecule has 1 aliphatic rings. The SMILES string of the molecule is CCS(=O)(=O)N(C)c1cc(OC)c(OC)cc1C(=O)NC[C@@H]1CCCO1. The number of amides is 1. The first-order chi connectivity index (χ1) is 12.3. The zero-order valence-corrected chi connectivity index (χ0v) is 16.4. The number of benzene rings is 1. The van der Waals surface area contributed by atoms with Gasteiger partial charge in [0.25, 0.3) is 5.91 Å². The van der Waals surface area contributed by atoms with Crippen molar-refractivity contribution < 1.29 is 27.4 Å². The van der Waals surface area contributed by atoms with Crippen LogP contribution < -0.4 is 19.1 Å². The minimum Gasteiger partial charge on any atom is -0.493 e. The van der Waals surface area contributed by atoms with Gasteiger partial charge in [-0.25, -0.2) is 8.42 Å². The molecule has 0 aromatic heterocycles. The van der Waals surface area contributed by atoms with Crippen molar-refractivity contribution in [3.05, 3.63) is 17.7 Å². The van der Waals surface area contributed by atoms with Gasteiger partial charge in [0.2, 0.25) is 10.0 Å². The monoisotopic (exact) mass is 386 g/mol. The van der Waals surface area contributed by atoms with Crippen LogP contribution in [0.2, 0.25) is 0 Å². The molecule has 1 saturated heterocycles. The Bertz CT molecular complexity index is 744. The summed E-state index contributed by atoms with van der Waals surface area (Å²) in [6.07, 6.45) is 1.85. The molecule has 1 amide bonds. The lowest BCUT2D eigenvalue weighted by Gasteiger charge is -2.23. The molecular weight excluding hydrogens is 360 g/mol. The Morgan fingerprint density at radius 1 is 1.31 bits per heavy atom. The number of methoxy groups -OCH3 is 2. The average molecular weight is 386 g/mol. The van der Waals surface area contributed by atoms with Gasteiger partial charge < -0.3 is 19.5 Å². The largest absolute Gasteiger partial charge is 0.493 e. The number of anilines is 1. The molecule has 0 bridgehead atoms. The standard InChI is InChI=1S/C17H26N2O6S/c1-5-26(21,22)19(2)14-10-16(24-4)15(23-3)9-13(14)17(20)18-11-12-7-6-8-25-12/h9-10,12H,5-8,11H2,1-4H3,(H,18,20)/t12-/m0/s1. The lowest BCUT2D eigenvalue weighted by atomic mass is 10.1. The second kappa shape index (κ2) is 8.59. The minimum absolute atomic E-state index is 0.0142. The number of rotatable bonds is 8. The molecule has 1 fully saturated rings. The lowest BCUT2D eigenvalue weighted by molar-refractivity contribution is 0.0858. The number of carbonyl (C=O) groups is 1. The first kappa shape index (κ1) is 20.3. The van der Waals surface area contributed by atoms with Crippen LogP contribution in [0.25, 0.3) is 0 Å². The molecule has 1 aromatic carbocycles. The summed E-state index contributed by atoms with van der Waals surface area (Å²) in [5.74, 6) is 0.209. The van der Waals surface area contributed by atoms with Gasteiger partial charge in [-0.1, -0.05) is 0 Å². The number of carbonyl (C=O) groups excluding carboxylic acids is 1. The van der Waals surface area contributed by atoms with Crippen LogP contribution in [0.3, 0.4) is 0 Å². The Morgan fingerprint density at radius 3 is 2.50 bits per heavy atom. The number of nitrogens with one attached hydrogen (secondary N) is 1. The van der Waals surface area contributed by atoms with Crippen LogP contribution in [0.15, 0.2) is 12.1 Å². The van der Waals surface area contributed by atoms with Crippen molar-refractivity contribution in [1.29, 1.82) is 0 Å². The Hall–Kier alpha value is -2.00. The third kappa shape index (κ3) is 4.39. The van der Waals surface area contributed by atoms with E-state index in [-0.39, 0.29) is 23.1 Å². The van der Waals surface area contributed by atoms with Gasteiger partial charge in [0.05, 0.1) is 37.3 Å². The molecule has 0 spiro atoms. The Kier molecular flexibility index (Phi) is 6.71. The molecule has 1 heterocycles. The summed E-state index contributed by atoms with van der Waals surface area (Å²) < 4.78 is 41.7. The van der Waals surface area contributed by atoms with E-state index in [1.165, 1.54) is 33.4 Å². The Morgan fingerprint density at radius 2 is 1.96 bits per heavy atom. The first-order valence-corrected chi connectivity index (χ1v) is 10.1. The molecule has 8 nitrogen and oxygen atoms in total. The number of sulfonamides is 1. The van der Waals surface area contributed by atoms with E-state index >= 15 is 0 Å². The fourth-order valence-corrected chi connectivity index (χ4v) is 3.60. The zero-order valence-electron chi connectivity index (χ0n) is 15.6. The maximum atomic E-state index is 12.7. The molecule has 0 unspecified atom stereocenters. The van der Waals surface area contributed by atoms with E-state index in [0.29, 0.717) is 24.7 Å². The van der Waals surface area contributed by atoms with Gasteiger partial charge >= 0.3 is 0 Å². The molecule has 2 rings (SSSR count). The van der Waals surface area contributed by atoms with E-state index in [4.69, 9.17) is 14.2 Å². The normalized spacial score (nSPS) is 17.0. The summed E-state index contributed by atoms with van der Waals surface area (Å²) in [4.78, 5) is 12.7. The van der Waals surface area contributed by atoms with Crippen molar-refractivity contribution in [1.82, 2.24) is 5.32 Å². The molecule has 0 aliphatic carbocycles. The van der Waals surface area contributed by atoms with Gasteiger partial charge in [-0.15, -0.1) is 0 Å². The van der Waals surface area contributed by atoms with Gasteiger partial charge in [0.1, 0.15) is 0 Å². The lowest BCUT2D eigenvalue weighted by Crippen LogP contribution is -2.34. The molecule has 146 valence electrons. The fraction of sp³-hybridized carbons (Fsp3) is 0.588. The third-order valence-corrected chi connectivity index (χ3v) is 6.14. The predicted octanol–water partition coefficient (Wildman–Crippen LogP) is 1.40. The Balaban J connectivity index is 2.38. The average Bonchev–Trinajstić information content (AvgIpc) is 3.17. The van der Waals surface area contributed by atoms with E-state index in [2.05, 4.69) is 5.32 Å². The van der Waals surface area contributed by atoms with E-state index in [9.17, 15) is 13.2 Å². The van der Waals surface area contributed by atoms with Crippen LogP contribution in [0.5, 0.6) is 11.5 Å². The van der Waals surface area contributed by atoms with Crippen molar-refractivity contribution in [2.24, 2.45) is 0 Å². The summed E-state index contributed by atoms with van der Waals surface area (Å²) in [6, 6.07) is 2.98. The first-order valence-electron chi connectivity index (χ1n) is 8.46. The van der Waals surface area contributed by atoms with Gasteiger partial charge in [0.15, 0.2) is 11.5 Å². The van der Waals surface area contributed by atoms with Crippen molar-refractivity contribution >= 4 is 21.6 Å². The molecule has 0 saturated carbocycles. The maximum absolute atomic E-state index is 12.7. The van der Waals surface area contributed by atoms with Crippen LogP contribution >= 0.6 is 0 Å². The van der Waals surface area contributed by atoms with Crippen molar-refractivity contribution in [3.63, 3.8) is 0 Å². The number of hydrogen-bond donors (Lipinski definition) is 1. The molecule has 26 heavy (non-hydrogen) atoms. The van der Waals surface area contributed by atoms with Crippen LogP contribution in [-0.2, 0) is 14.8 Å². The number of ether oxygens (including phenoxy) is 3. The Labute approximate surface area is 154 Å². The van der Waals surface area contributed by atoms with Crippen LogP contribution in [-0.4, -0.2) is 60.6 Å².